The van der Waals surface area contributed by atoms with Gasteiger partial charge in [0.2, 0.25) is 5.43 Å². The van der Waals surface area contributed by atoms with Crippen molar-refractivity contribution in [3.8, 4) is 0 Å². The van der Waals surface area contributed by atoms with Crippen LogP contribution in [0.15, 0.2) is 64.4 Å². The van der Waals surface area contributed by atoms with Gasteiger partial charge in [0.1, 0.15) is 5.56 Å². The highest BCUT2D eigenvalue weighted by Gasteiger charge is 2.26. The Morgan fingerprint density at radius 2 is 1.73 bits per heavy atom. The highest BCUT2D eigenvalue weighted by Crippen LogP contribution is 2.32. The van der Waals surface area contributed by atoms with Crippen LogP contribution >= 0.6 is 11.8 Å². The molecule has 1 aromatic heterocycles. The van der Waals surface area contributed by atoms with Gasteiger partial charge in [-0.15, -0.1) is 11.8 Å². The molecule has 0 amide bonds. The highest BCUT2D eigenvalue weighted by atomic mass is 32.2. The van der Waals surface area contributed by atoms with Gasteiger partial charge in [0.05, 0.1) is 10.5 Å². The fraction of sp³-hybridized carbons (Fsp3) is 0.111. The number of aromatic nitrogens is 1. The van der Waals surface area contributed by atoms with Crippen molar-refractivity contribution in [2.45, 2.75) is 11.6 Å². The zero-order valence-electron chi connectivity index (χ0n) is 11.8. The molecule has 2 heterocycles. The van der Waals surface area contributed by atoms with E-state index in [1.54, 1.807) is 30.0 Å². The number of aryl methyl sites for hydroxylation is 1. The summed E-state index contributed by atoms with van der Waals surface area (Å²) in [4.78, 5) is 25.7. The van der Waals surface area contributed by atoms with Crippen molar-refractivity contribution in [2.75, 3.05) is 5.75 Å². The molecular weight excluding hydrogens is 294 g/mol. The number of benzene rings is 2. The normalized spacial score (nSPS) is 13.3. The minimum atomic E-state index is -0.186. The second-order valence-electron chi connectivity index (χ2n) is 5.22. The van der Waals surface area contributed by atoms with E-state index in [-0.39, 0.29) is 11.2 Å². The molecule has 108 valence electrons. The van der Waals surface area contributed by atoms with Crippen LogP contribution in [0.3, 0.4) is 0 Å². The molecule has 2 aromatic carbocycles. The van der Waals surface area contributed by atoms with Crippen LogP contribution in [0.5, 0.6) is 0 Å². The number of ketones is 1. The van der Waals surface area contributed by atoms with Gasteiger partial charge in [-0.1, -0.05) is 42.5 Å². The number of pyridine rings is 1. The number of carbonyl (C=O) groups is 1. The molecule has 4 rings (SSSR count). The first kappa shape index (κ1) is 13.3. The molecule has 0 N–H and O–H groups in total. The Kier molecular flexibility index (Phi) is 3.12. The monoisotopic (exact) mass is 307 g/mol. The molecule has 0 radical (unpaired) electrons. The smallest absolute Gasteiger partial charge is 0.201 e. The molecule has 0 unspecified atom stereocenters. The van der Waals surface area contributed by atoms with Crippen molar-refractivity contribution in [1.29, 1.82) is 0 Å². The van der Waals surface area contributed by atoms with E-state index in [4.69, 9.17) is 0 Å². The lowest BCUT2D eigenvalue weighted by molar-refractivity contribution is 0.103. The standard InChI is InChI=1S/C18H13NO2S/c20-16(12-6-2-1-3-7-12)15-17(21)13-8-4-5-9-14(13)19-10-11-22-18(15)19/h1-9H,10-11H2. The van der Waals surface area contributed by atoms with Crippen LogP contribution in [0.4, 0.5) is 0 Å². The van der Waals surface area contributed by atoms with E-state index in [9.17, 15) is 9.59 Å². The van der Waals surface area contributed by atoms with Gasteiger partial charge in [-0.25, -0.2) is 0 Å². The summed E-state index contributed by atoms with van der Waals surface area (Å²) in [5, 5.41) is 1.42. The zero-order valence-corrected chi connectivity index (χ0v) is 12.6. The quantitative estimate of drug-likeness (QED) is 0.682. The molecule has 1 aliphatic rings. The van der Waals surface area contributed by atoms with E-state index in [2.05, 4.69) is 4.57 Å². The maximum atomic E-state index is 12.9. The summed E-state index contributed by atoms with van der Waals surface area (Å²) in [7, 11) is 0. The number of thioether (sulfide) groups is 1. The van der Waals surface area contributed by atoms with Crippen molar-refractivity contribution < 1.29 is 4.79 Å². The topological polar surface area (TPSA) is 39.1 Å². The number of rotatable bonds is 2. The summed E-state index contributed by atoms with van der Waals surface area (Å²) < 4.78 is 2.09. The molecule has 0 aliphatic carbocycles. The molecule has 0 saturated heterocycles. The Morgan fingerprint density at radius 3 is 2.55 bits per heavy atom. The Morgan fingerprint density at radius 1 is 1.00 bits per heavy atom. The van der Waals surface area contributed by atoms with Crippen LogP contribution in [0.2, 0.25) is 0 Å². The predicted molar refractivity (Wildman–Crippen MR) is 88.8 cm³/mol. The molecule has 0 bridgehead atoms. The summed E-state index contributed by atoms with van der Waals surface area (Å²) in [6.07, 6.45) is 0. The van der Waals surface area contributed by atoms with Crippen molar-refractivity contribution in [3.05, 3.63) is 75.9 Å². The fourth-order valence-corrected chi connectivity index (χ4v) is 4.06. The first-order valence-corrected chi connectivity index (χ1v) is 8.14. The largest absolute Gasteiger partial charge is 0.334 e. The first-order valence-electron chi connectivity index (χ1n) is 7.15. The van der Waals surface area contributed by atoms with Crippen LogP contribution in [0.1, 0.15) is 15.9 Å². The van der Waals surface area contributed by atoms with Crippen molar-refractivity contribution in [2.24, 2.45) is 0 Å². The van der Waals surface area contributed by atoms with Crippen molar-refractivity contribution in [3.63, 3.8) is 0 Å². The minimum Gasteiger partial charge on any atom is -0.334 e. The number of fused-ring (bicyclic) bond motifs is 3. The van der Waals surface area contributed by atoms with Crippen LogP contribution in [0, 0.1) is 0 Å². The van der Waals surface area contributed by atoms with Crippen LogP contribution < -0.4 is 5.43 Å². The Balaban J connectivity index is 2.05. The number of para-hydroxylation sites is 1. The average molecular weight is 307 g/mol. The number of hydrogen-bond acceptors (Lipinski definition) is 3. The molecule has 22 heavy (non-hydrogen) atoms. The SMILES string of the molecule is O=C(c1ccccc1)c1c2n(c3ccccc3c1=O)CCS2. The molecule has 3 nitrogen and oxygen atoms in total. The minimum absolute atomic E-state index is 0.162. The second-order valence-corrected chi connectivity index (χ2v) is 6.31. The summed E-state index contributed by atoms with van der Waals surface area (Å²) in [6, 6.07) is 16.5. The number of hydrogen-bond donors (Lipinski definition) is 0. The van der Waals surface area contributed by atoms with Gasteiger partial charge in [0, 0.05) is 23.2 Å². The summed E-state index contributed by atoms with van der Waals surface area (Å²) in [5.74, 6) is 0.706. The van der Waals surface area contributed by atoms with Crippen molar-refractivity contribution >= 4 is 28.4 Å². The second kappa shape index (κ2) is 5.14. The first-order chi connectivity index (χ1) is 10.8. The lowest BCUT2D eigenvalue weighted by Crippen LogP contribution is -2.21. The highest BCUT2D eigenvalue weighted by molar-refractivity contribution is 7.99. The van der Waals surface area contributed by atoms with Gasteiger partial charge in [-0.05, 0) is 12.1 Å². The molecule has 0 fully saturated rings. The van der Waals surface area contributed by atoms with Crippen LogP contribution in [-0.4, -0.2) is 16.1 Å². The molecule has 1 aliphatic heterocycles. The van der Waals surface area contributed by atoms with E-state index < -0.39 is 0 Å². The third-order valence-corrected chi connectivity index (χ3v) is 5.03. The average Bonchev–Trinajstić information content (AvgIpc) is 3.05. The zero-order chi connectivity index (χ0) is 15.1. The van der Waals surface area contributed by atoms with Gasteiger partial charge in [0.25, 0.3) is 0 Å². The van der Waals surface area contributed by atoms with Crippen molar-refractivity contribution in [1.82, 2.24) is 4.57 Å². The summed E-state index contributed by atoms with van der Waals surface area (Å²) in [6.45, 7) is 0.829. The molecule has 0 spiro atoms. The summed E-state index contributed by atoms with van der Waals surface area (Å²) in [5.41, 5.74) is 1.62. The molecular formula is C18H13NO2S. The lowest BCUT2D eigenvalue weighted by Gasteiger charge is -2.12. The Hall–Kier alpha value is -2.33. The van der Waals surface area contributed by atoms with E-state index in [1.165, 1.54) is 0 Å². The molecule has 4 heteroatoms. The van der Waals surface area contributed by atoms with Crippen LogP contribution in [0.25, 0.3) is 10.9 Å². The predicted octanol–water partition coefficient (Wildman–Crippen LogP) is 3.34. The Labute approximate surface area is 131 Å². The maximum Gasteiger partial charge on any atom is 0.201 e. The summed E-state index contributed by atoms with van der Waals surface area (Å²) >= 11 is 1.59. The lowest BCUT2D eigenvalue weighted by atomic mass is 10.0. The van der Waals surface area contributed by atoms with E-state index in [0.717, 1.165) is 22.8 Å². The Bertz CT molecular complexity index is 944. The van der Waals surface area contributed by atoms with E-state index >= 15 is 0 Å². The number of carbonyl (C=O) groups excluding carboxylic acids is 1. The third-order valence-electron chi connectivity index (χ3n) is 3.94. The third kappa shape index (κ3) is 1.91. The maximum absolute atomic E-state index is 12.9. The fourth-order valence-electron chi connectivity index (χ4n) is 2.92. The van der Waals surface area contributed by atoms with Gasteiger partial charge in [-0.3, -0.25) is 9.59 Å². The van der Waals surface area contributed by atoms with E-state index in [1.807, 2.05) is 36.4 Å². The van der Waals surface area contributed by atoms with Gasteiger partial charge >= 0.3 is 0 Å². The molecule has 0 atom stereocenters. The van der Waals surface area contributed by atoms with Crippen LogP contribution in [-0.2, 0) is 6.54 Å². The van der Waals surface area contributed by atoms with Gasteiger partial charge in [-0.2, -0.15) is 0 Å². The molecule has 3 aromatic rings. The van der Waals surface area contributed by atoms with Gasteiger partial charge in [0.15, 0.2) is 5.78 Å². The number of nitrogens with zero attached hydrogens (tertiary/aromatic N) is 1. The molecule has 0 saturated carbocycles. The van der Waals surface area contributed by atoms with Gasteiger partial charge < -0.3 is 4.57 Å². The van der Waals surface area contributed by atoms with E-state index in [0.29, 0.717) is 16.5 Å².